The van der Waals surface area contributed by atoms with Gasteiger partial charge in [0, 0.05) is 28.8 Å². The Labute approximate surface area is 118 Å². The number of hydrogen-bond acceptors (Lipinski definition) is 2. The van der Waals surface area contributed by atoms with Crippen LogP contribution in [0.4, 0.5) is 5.69 Å². The lowest BCUT2D eigenvalue weighted by atomic mass is 10.0. The van der Waals surface area contributed by atoms with Gasteiger partial charge < -0.3 is 5.32 Å². The summed E-state index contributed by atoms with van der Waals surface area (Å²) in [5, 5.41) is 3.81. The van der Waals surface area contributed by atoms with Crippen LogP contribution in [0, 0.1) is 13.8 Å². The van der Waals surface area contributed by atoms with Crippen LogP contribution in [-0.2, 0) is 0 Å². The lowest BCUT2D eigenvalue weighted by Gasteiger charge is -2.24. The van der Waals surface area contributed by atoms with Gasteiger partial charge in [0.15, 0.2) is 0 Å². The smallest absolute Gasteiger partial charge is 0.0429 e. The van der Waals surface area contributed by atoms with Gasteiger partial charge in [0.1, 0.15) is 0 Å². The first-order valence-electron chi connectivity index (χ1n) is 6.92. The Morgan fingerprint density at radius 3 is 2.61 bits per heavy atom. The van der Waals surface area contributed by atoms with E-state index in [2.05, 4.69) is 52.1 Å². The molecule has 98 valence electrons. The van der Waals surface area contributed by atoms with Crippen LogP contribution in [0.25, 0.3) is 0 Å². The van der Waals surface area contributed by atoms with Crippen molar-refractivity contribution in [3.63, 3.8) is 0 Å². The molecule has 1 N–H and O–H groups in total. The lowest BCUT2D eigenvalue weighted by molar-refractivity contribution is 0.318. The van der Waals surface area contributed by atoms with Crippen molar-refractivity contribution in [1.29, 1.82) is 0 Å². The summed E-state index contributed by atoms with van der Waals surface area (Å²) in [6.45, 7) is 6.97. The van der Waals surface area contributed by atoms with Crippen LogP contribution in [0.2, 0.25) is 0 Å². The number of halogens is 1. The highest BCUT2D eigenvalue weighted by atomic mass is 79.9. The highest BCUT2D eigenvalue weighted by Crippen LogP contribution is 2.32. The van der Waals surface area contributed by atoms with Crippen LogP contribution in [0.1, 0.15) is 30.4 Å². The van der Waals surface area contributed by atoms with E-state index in [0.717, 1.165) is 6.04 Å². The maximum atomic E-state index is 3.81. The second-order valence-electron chi connectivity index (χ2n) is 5.70. The van der Waals surface area contributed by atoms with Crippen molar-refractivity contribution in [3.8, 4) is 0 Å². The molecule has 18 heavy (non-hydrogen) atoms. The lowest BCUT2D eigenvalue weighted by Crippen LogP contribution is -2.34. The zero-order chi connectivity index (χ0) is 12.7. The fourth-order valence-electron chi connectivity index (χ4n) is 3.57. The van der Waals surface area contributed by atoms with Crippen LogP contribution < -0.4 is 5.32 Å². The molecule has 1 aromatic rings. The van der Waals surface area contributed by atoms with Gasteiger partial charge in [0.2, 0.25) is 0 Å². The van der Waals surface area contributed by atoms with Crippen molar-refractivity contribution < 1.29 is 0 Å². The van der Waals surface area contributed by atoms with Gasteiger partial charge in [-0.2, -0.15) is 0 Å². The van der Waals surface area contributed by atoms with Crippen LogP contribution in [0.15, 0.2) is 16.6 Å². The molecular weight excluding hydrogens is 288 g/mol. The summed E-state index contributed by atoms with van der Waals surface area (Å²) in [4.78, 5) is 2.65. The largest absolute Gasteiger partial charge is 0.380 e. The van der Waals surface area contributed by atoms with Gasteiger partial charge >= 0.3 is 0 Å². The maximum absolute atomic E-state index is 3.81. The highest BCUT2D eigenvalue weighted by Gasteiger charge is 2.37. The molecule has 0 saturated carbocycles. The number of benzene rings is 1. The van der Waals surface area contributed by atoms with E-state index < -0.39 is 0 Å². The van der Waals surface area contributed by atoms with E-state index in [1.807, 2.05) is 0 Å². The highest BCUT2D eigenvalue weighted by molar-refractivity contribution is 9.10. The van der Waals surface area contributed by atoms with Crippen molar-refractivity contribution in [2.45, 2.75) is 45.2 Å². The van der Waals surface area contributed by atoms with Gasteiger partial charge in [-0.3, -0.25) is 4.90 Å². The van der Waals surface area contributed by atoms with Gasteiger partial charge in [-0.15, -0.1) is 0 Å². The second kappa shape index (κ2) is 4.86. The molecule has 2 fully saturated rings. The van der Waals surface area contributed by atoms with E-state index in [4.69, 9.17) is 0 Å². The fourth-order valence-corrected chi connectivity index (χ4v) is 4.26. The Morgan fingerprint density at radius 1 is 1.17 bits per heavy atom. The molecule has 2 saturated heterocycles. The summed E-state index contributed by atoms with van der Waals surface area (Å²) in [7, 11) is 0. The SMILES string of the molecule is Cc1cc(Br)cc(C)c1NC1CCN2CCCC12. The summed E-state index contributed by atoms with van der Waals surface area (Å²) in [5.41, 5.74) is 4.04. The standard InChI is InChI=1S/C15H21BrN2/c1-10-8-12(16)9-11(2)15(10)17-13-5-7-18-6-3-4-14(13)18/h8-9,13-14,17H,3-7H2,1-2H3. The number of nitrogens with one attached hydrogen (secondary N) is 1. The number of rotatable bonds is 2. The van der Waals surface area contributed by atoms with E-state index in [9.17, 15) is 0 Å². The van der Waals surface area contributed by atoms with Crippen molar-refractivity contribution in [1.82, 2.24) is 4.90 Å². The van der Waals surface area contributed by atoms with Crippen molar-refractivity contribution in [3.05, 3.63) is 27.7 Å². The van der Waals surface area contributed by atoms with E-state index >= 15 is 0 Å². The van der Waals surface area contributed by atoms with Crippen molar-refractivity contribution in [2.75, 3.05) is 18.4 Å². The quantitative estimate of drug-likeness (QED) is 0.896. The monoisotopic (exact) mass is 308 g/mol. The molecule has 0 aromatic heterocycles. The van der Waals surface area contributed by atoms with E-state index in [1.54, 1.807) is 0 Å². The average molecular weight is 309 g/mol. The molecule has 0 bridgehead atoms. The van der Waals surface area contributed by atoms with E-state index in [-0.39, 0.29) is 0 Å². The topological polar surface area (TPSA) is 15.3 Å². The van der Waals surface area contributed by atoms with Crippen LogP contribution in [0.3, 0.4) is 0 Å². The Balaban J connectivity index is 1.81. The fraction of sp³-hybridized carbons (Fsp3) is 0.600. The predicted octanol–water partition coefficient (Wildman–Crippen LogP) is 3.71. The van der Waals surface area contributed by atoms with Crippen molar-refractivity contribution >= 4 is 21.6 Å². The van der Waals surface area contributed by atoms with Gasteiger partial charge in [-0.05, 0) is 62.9 Å². The Kier molecular flexibility index (Phi) is 3.37. The third-order valence-corrected chi connectivity index (χ3v) is 4.89. The molecule has 1 aromatic carbocycles. The first kappa shape index (κ1) is 12.5. The summed E-state index contributed by atoms with van der Waals surface area (Å²) < 4.78 is 1.18. The average Bonchev–Trinajstić information content (AvgIpc) is 2.86. The van der Waals surface area contributed by atoms with Crippen LogP contribution >= 0.6 is 15.9 Å². The zero-order valence-corrected chi connectivity index (χ0v) is 12.8. The minimum absolute atomic E-state index is 0.645. The second-order valence-corrected chi connectivity index (χ2v) is 6.62. The first-order chi connectivity index (χ1) is 8.65. The van der Waals surface area contributed by atoms with E-state index in [0.29, 0.717) is 6.04 Å². The minimum Gasteiger partial charge on any atom is -0.380 e. The molecule has 3 rings (SSSR count). The number of nitrogens with zero attached hydrogens (tertiary/aromatic N) is 1. The maximum Gasteiger partial charge on any atom is 0.0429 e. The third kappa shape index (κ3) is 2.19. The number of anilines is 1. The van der Waals surface area contributed by atoms with Crippen LogP contribution in [0.5, 0.6) is 0 Å². The van der Waals surface area contributed by atoms with E-state index in [1.165, 1.54) is 53.6 Å². The molecule has 0 amide bonds. The summed E-state index contributed by atoms with van der Waals surface area (Å²) in [5.74, 6) is 0. The summed E-state index contributed by atoms with van der Waals surface area (Å²) in [6.07, 6.45) is 4.03. The number of aryl methyl sites for hydroxylation is 2. The van der Waals surface area contributed by atoms with Gasteiger partial charge in [0.25, 0.3) is 0 Å². The molecule has 2 unspecified atom stereocenters. The molecule has 0 radical (unpaired) electrons. The van der Waals surface area contributed by atoms with Gasteiger partial charge in [0.05, 0.1) is 0 Å². The normalized spacial score (nSPS) is 27.5. The third-order valence-electron chi connectivity index (χ3n) is 4.43. The van der Waals surface area contributed by atoms with Crippen molar-refractivity contribution in [2.24, 2.45) is 0 Å². The molecule has 2 heterocycles. The van der Waals surface area contributed by atoms with Gasteiger partial charge in [-0.1, -0.05) is 15.9 Å². The first-order valence-corrected chi connectivity index (χ1v) is 7.72. The van der Waals surface area contributed by atoms with Gasteiger partial charge in [-0.25, -0.2) is 0 Å². The Bertz CT molecular complexity index is 435. The number of fused-ring (bicyclic) bond motifs is 1. The molecule has 2 aliphatic heterocycles. The minimum atomic E-state index is 0.645. The molecule has 0 spiro atoms. The predicted molar refractivity (Wildman–Crippen MR) is 80.2 cm³/mol. The summed E-state index contributed by atoms with van der Waals surface area (Å²) in [6, 6.07) is 5.83. The molecular formula is C15H21BrN2. The Morgan fingerprint density at radius 2 is 1.89 bits per heavy atom. The number of hydrogen-bond donors (Lipinski definition) is 1. The zero-order valence-electron chi connectivity index (χ0n) is 11.2. The summed E-state index contributed by atoms with van der Waals surface area (Å²) >= 11 is 3.57. The van der Waals surface area contributed by atoms with Crippen LogP contribution in [-0.4, -0.2) is 30.1 Å². The molecule has 0 aliphatic carbocycles. The molecule has 2 aliphatic rings. The molecule has 3 heteroatoms. The molecule has 2 atom stereocenters. The molecule has 2 nitrogen and oxygen atoms in total. The Hall–Kier alpha value is -0.540.